The first kappa shape index (κ1) is 14.2. The first-order chi connectivity index (χ1) is 9.96. The lowest BCUT2D eigenvalue weighted by Gasteiger charge is -2.38. The molecule has 21 heavy (non-hydrogen) atoms. The van der Waals surface area contributed by atoms with Crippen LogP contribution in [0.4, 0.5) is 10.1 Å². The fourth-order valence-corrected chi connectivity index (χ4v) is 2.96. The molecule has 0 spiro atoms. The van der Waals surface area contributed by atoms with Gasteiger partial charge in [0.1, 0.15) is 17.2 Å². The van der Waals surface area contributed by atoms with Gasteiger partial charge in [0.15, 0.2) is 0 Å². The van der Waals surface area contributed by atoms with Crippen LogP contribution in [0.2, 0.25) is 5.02 Å². The highest BCUT2D eigenvalue weighted by molar-refractivity contribution is 6.33. The summed E-state index contributed by atoms with van der Waals surface area (Å²) in [6.07, 6.45) is 0.731. The number of anilines is 1. The topological polar surface area (TPSA) is 21.3 Å². The van der Waals surface area contributed by atoms with E-state index in [0.717, 1.165) is 17.7 Å². The van der Waals surface area contributed by atoms with Gasteiger partial charge in [0.2, 0.25) is 0 Å². The molecule has 4 heteroatoms. The molecule has 2 nitrogen and oxygen atoms in total. The first-order valence-electron chi connectivity index (χ1n) is 6.95. The third-order valence-electron chi connectivity index (χ3n) is 3.66. The maximum absolute atomic E-state index is 14.0. The van der Waals surface area contributed by atoms with Crippen LogP contribution in [0.25, 0.3) is 0 Å². The molecule has 1 aliphatic rings. The summed E-state index contributed by atoms with van der Waals surface area (Å²) in [5.74, 6) is 0.489. The van der Waals surface area contributed by atoms with E-state index in [0.29, 0.717) is 10.7 Å². The highest BCUT2D eigenvalue weighted by Gasteiger charge is 2.34. The normalized spacial score (nSPS) is 19.5. The minimum Gasteiger partial charge on any atom is -0.487 e. The molecule has 1 unspecified atom stereocenters. The van der Waals surface area contributed by atoms with Crippen molar-refractivity contribution in [2.24, 2.45) is 0 Å². The number of nitrogens with one attached hydrogen (secondary N) is 1. The molecular formula is C17H17ClFNO. The number of hydrogen-bond acceptors (Lipinski definition) is 2. The second kappa shape index (κ2) is 5.23. The molecule has 2 aromatic rings. The van der Waals surface area contributed by atoms with Crippen molar-refractivity contribution in [2.45, 2.75) is 31.9 Å². The zero-order chi connectivity index (χ0) is 15.0. The highest BCUT2D eigenvalue weighted by Crippen LogP contribution is 2.42. The monoisotopic (exact) mass is 305 g/mol. The molecule has 1 aliphatic heterocycles. The average molecular weight is 306 g/mol. The molecule has 0 saturated carbocycles. The second-order valence-corrected chi connectivity index (χ2v) is 6.30. The van der Waals surface area contributed by atoms with Crippen molar-refractivity contribution in [1.29, 1.82) is 0 Å². The molecule has 110 valence electrons. The Hall–Kier alpha value is -1.74. The van der Waals surface area contributed by atoms with E-state index in [-0.39, 0.29) is 17.5 Å². The second-order valence-electron chi connectivity index (χ2n) is 5.90. The summed E-state index contributed by atoms with van der Waals surface area (Å²) < 4.78 is 20.0. The Kier molecular flexibility index (Phi) is 3.54. The smallest absolute Gasteiger partial charge is 0.147 e. The van der Waals surface area contributed by atoms with Crippen LogP contribution in [0.1, 0.15) is 31.9 Å². The third-order valence-corrected chi connectivity index (χ3v) is 3.97. The molecule has 0 saturated heterocycles. The van der Waals surface area contributed by atoms with Crippen LogP contribution < -0.4 is 10.1 Å². The average Bonchev–Trinajstić information content (AvgIpc) is 2.41. The van der Waals surface area contributed by atoms with Crippen LogP contribution in [0.3, 0.4) is 0 Å². The largest absolute Gasteiger partial charge is 0.487 e. The van der Waals surface area contributed by atoms with Gasteiger partial charge in [-0.05, 0) is 32.0 Å². The predicted molar refractivity (Wildman–Crippen MR) is 83.5 cm³/mol. The molecule has 0 amide bonds. The van der Waals surface area contributed by atoms with Crippen LogP contribution in [0.5, 0.6) is 5.75 Å². The molecule has 0 bridgehead atoms. The lowest BCUT2D eigenvalue weighted by molar-refractivity contribution is 0.0758. The van der Waals surface area contributed by atoms with E-state index in [1.165, 1.54) is 6.07 Å². The molecule has 0 fully saturated rings. The number of rotatable bonds is 2. The maximum atomic E-state index is 14.0. The van der Waals surface area contributed by atoms with Crippen molar-refractivity contribution in [3.8, 4) is 5.75 Å². The standard InChI is InChI=1S/C17H17ClFNO/c1-17(2)10-14(11-6-3-4-9-15(11)21-17)20-16-12(18)7-5-8-13(16)19/h3-9,14,20H,10H2,1-2H3. The van der Waals surface area contributed by atoms with Gasteiger partial charge in [0.25, 0.3) is 0 Å². The maximum Gasteiger partial charge on any atom is 0.147 e. The summed E-state index contributed by atoms with van der Waals surface area (Å²) in [7, 11) is 0. The number of benzene rings is 2. The van der Waals surface area contributed by atoms with Gasteiger partial charge in [-0.25, -0.2) is 4.39 Å². The number of ether oxygens (including phenoxy) is 1. The van der Waals surface area contributed by atoms with E-state index in [9.17, 15) is 4.39 Å². The van der Waals surface area contributed by atoms with Gasteiger partial charge >= 0.3 is 0 Å². The molecule has 1 atom stereocenters. The van der Waals surface area contributed by atoms with Crippen LogP contribution >= 0.6 is 11.6 Å². The Balaban J connectivity index is 1.99. The predicted octanol–water partition coefficient (Wildman–Crippen LogP) is 5.19. The molecule has 3 rings (SSSR count). The summed E-state index contributed by atoms with van der Waals surface area (Å²) in [5, 5.41) is 3.63. The first-order valence-corrected chi connectivity index (χ1v) is 7.32. The summed E-state index contributed by atoms with van der Waals surface area (Å²) in [6, 6.07) is 12.5. The lowest BCUT2D eigenvalue weighted by atomic mass is 9.89. The fourth-order valence-electron chi connectivity index (χ4n) is 2.74. The van der Waals surface area contributed by atoms with E-state index in [1.54, 1.807) is 12.1 Å². The Bertz CT molecular complexity index is 651. The van der Waals surface area contributed by atoms with Gasteiger partial charge in [-0.3, -0.25) is 0 Å². The van der Waals surface area contributed by atoms with Crippen LogP contribution in [-0.2, 0) is 0 Å². The molecule has 0 aliphatic carbocycles. The number of para-hydroxylation sites is 2. The van der Waals surface area contributed by atoms with Crippen molar-refractivity contribution in [3.63, 3.8) is 0 Å². The van der Waals surface area contributed by atoms with Crippen molar-refractivity contribution in [2.75, 3.05) is 5.32 Å². The van der Waals surface area contributed by atoms with Crippen molar-refractivity contribution < 1.29 is 9.13 Å². The Morgan fingerprint density at radius 3 is 2.71 bits per heavy atom. The van der Waals surface area contributed by atoms with Crippen LogP contribution in [0.15, 0.2) is 42.5 Å². The number of fused-ring (bicyclic) bond motifs is 1. The molecule has 0 aromatic heterocycles. The van der Waals surface area contributed by atoms with Crippen LogP contribution in [0, 0.1) is 5.82 Å². The Morgan fingerprint density at radius 2 is 1.95 bits per heavy atom. The summed E-state index contributed by atoms with van der Waals surface area (Å²) >= 11 is 6.11. The molecule has 1 heterocycles. The zero-order valence-electron chi connectivity index (χ0n) is 12.0. The van der Waals surface area contributed by atoms with E-state index >= 15 is 0 Å². The van der Waals surface area contributed by atoms with Gasteiger partial charge in [0.05, 0.1) is 16.8 Å². The van der Waals surface area contributed by atoms with Gasteiger partial charge in [-0.2, -0.15) is 0 Å². The van der Waals surface area contributed by atoms with Crippen LogP contribution in [-0.4, -0.2) is 5.60 Å². The van der Waals surface area contributed by atoms with Crippen molar-refractivity contribution >= 4 is 17.3 Å². The van der Waals surface area contributed by atoms with Gasteiger partial charge in [0, 0.05) is 12.0 Å². The van der Waals surface area contributed by atoms with E-state index < -0.39 is 0 Å². The van der Waals surface area contributed by atoms with E-state index in [1.807, 2.05) is 38.1 Å². The summed E-state index contributed by atoms with van der Waals surface area (Å²) in [5.41, 5.74) is 1.05. The van der Waals surface area contributed by atoms with Crippen molar-refractivity contribution in [3.05, 3.63) is 58.9 Å². The van der Waals surface area contributed by atoms with Gasteiger partial charge in [-0.1, -0.05) is 35.9 Å². The van der Waals surface area contributed by atoms with E-state index in [4.69, 9.17) is 16.3 Å². The zero-order valence-corrected chi connectivity index (χ0v) is 12.7. The molecule has 2 aromatic carbocycles. The summed E-state index contributed by atoms with van der Waals surface area (Å²) in [6.45, 7) is 4.06. The number of hydrogen-bond donors (Lipinski definition) is 1. The lowest BCUT2D eigenvalue weighted by Crippen LogP contribution is -2.37. The minimum absolute atomic E-state index is 0.0423. The highest BCUT2D eigenvalue weighted by atomic mass is 35.5. The summed E-state index contributed by atoms with van der Waals surface area (Å²) in [4.78, 5) is 0. The number of halogens is 2. The molecule has 1 N–H and O–H groups in total. The van der Waals surface area contributed by atoms with Crippen molar-refractivity contribution in [1.82, 2.24) is 0 Å². The van der Waals surface area contributed by atoms with Gasteiger partial charge in [-0.15, -0.1) is 0 Å². The quantitative estimate of drug-likeness (QED) is 0.824. The molecular weight excluding hydrogens is 289 g/mol. The Morgan fingerprint density at radius 1 is 1.19 bits per heavy atom. The SMILES string of the molecule is CC1(C)CC(Nc2c(F)cccc2Cl)c2ccccc2O1. The molecule has 0 radical (unpaired) electrons. The Labute approximate surface area is 128 Å². The minimum atomic E-state index is -0.343. The fraction of sp³-hybridized carbons (Fsp3) is 0.294. The third kappa shape index (κ3) is 2.84. The van der Waals surface area contributed by atoms with E-state index in [2.05, 4.69) is 5.32 Å². The van der Waals surface area contributed by atoms with Gasteiger partial charge < -0.3 is 10.1 Å².